The summed E-state index contributed by atoms with van der Waals surface area (Å²) in [5.74, 6) is -0.196. The summed E-state index contributed by atoms with van der Waals surface area (Å²) in [6.07, 6.45) is -0.825. The summed E-state index contributed by atoms with van der Waals surface area (Å²) < 4.78 is 16.4. The molecule has 3 rings (SSSR count). The van der Waals surface area contributed by atoms with Crippen molar-refractivity contribution in [2.45, 2.75) is 6.23 Å². The average Bonchev–Trinajstić information content (AvgIpc) is 2.95. The minimum atomic E-state index is -0.825. The van der Waals surface area contributed by atoms with Crippen molar-refractivity contribution in [1.29, 1.82) is 0 Å². The Kier molecular flexibility index (Phi) is 4.91. The Labute approximate surface area is 152 Å². The molecule has 0 aromatic heterocycles. The summed E-state index contributed by atoms with van der Waals surface area (Å²) in [6.45, 7) is 0. The molecule has 1 atom stereocenters. The molecule has 130 valence electrons. The molecule has 2 N–H and O–H groups in total. The van der Waals surface area contributed by atoms with Crippen LogP contribution < -0.4 is 20.3 Å². The number of esters is 1. The fraction of sp³-hybridized carbons (Fsp3) is 0.176. The van der Waals surface area contributed by atoms with Gasteiger partial charge in [-0.25, -0.2) is 4.79 Å². The van der Waals surface area contributed by atoms with Gasteiger partial charge in [0.2, 0.25) is 0 Å². The van der Waals surface area contributed by atoms with Gasteiger partial charge in [-0.2, -0.15) is 5.43 Å². The Morgan fingerprint density at radius 1 is 1.16 bits per heavy atom. The van der Waals surface area contributed by atoms with Gasteiger partial charge in [-0.15, -0.1) is 0 Å². The zero-order valence-corrected chi connectivity index (χ0v) is 15.0. The first kappa shape index (κ1) is 17.2. The highest BCUT2D eigenvalue weighted by atomic mass is 79.9. The van der Waals surface area contributed by atoms with E-state index in [0.717, 1.165) is 0 Å². The predicted octanol–water partition coefficient (Wildman–Crippen LogP) is 2.57. The molecule has 0 aliphatic carbocycles. The minimum Gasteiger partial charge on any atom is -0.493 e. The molecule has 1 aliphatic heterocycles. The van der Waals surface area contributed by atoms with E-state index in [4.69, 9.17) is 14.2 Å². The van der Waals surface area contributed by atoms with Gasteiger partial charge in [-0.3, -0.25) is 10.2 Å². The highest BCUT2D eigenvalue weighted by Crippen LogP contribution is 2.40. The third-order valence-corrected chi connectivity index (χ3v) is 4.42. The molecule has 0 unspecified atom stereocenters. The molecule has 1 heterocycles. The van der Waals surface area contributed by atoms with Gasteiger partial charge >= 0.3 is 5.97 Å². The van der Waals surface area contributed by atoms with Crippen LogP contribution >= 0.6 is 15.9 Å². The zero-order valence-electron chi connectivity index (χ0n) is 13.5. The lowest BCUT2D eigenvalue weighted by molar-refractivity contribution is 0.0260. The first-order valence-electron chi connectivity index (χ1n) is 7.33. The third-order valence-electron chi connectivity index (χ3n) is 3.72. The maximum absolute atomic E-state index is 12.3. The van der Waals surface area contributed by atoms with Crippen LogP contribution in [0, 0.1) is 0 Å². The second kappa shape index (κ2) is 7.12. The Morgan fingerprint density at radius 3 is 2.60 bits per heavy atom. The third kappa shape index (κ3) is 3.18. The maximum Gasteiger partial charge on any atom is 0.344 e. The van der Waals surface area contributed by atoms with Gasteiger partial charge in [0.15, 0.2) is 17.7 Å². The fourth-order valence-corrected chi connectivity index (χ4v) is 3.02. The van der Waals surface area contributed by atoms with E-state index in [1.807, 2.05) is 6.07 Å². The molecule has 0 saturated carbocycles. The van der Waals surface area contributed by atoms with Crippen LogP contribution in [0.5, 0.6) is 11.5 Å². The summed E-state index contributed by atoms with van der Waals surface area (Å²) >= 11 is 3.32. The number of hydrogen-bond acceptors (Lipinski definition) is 6. The van der Waals surface area contributed by atoms with Crippen LogP contribution in [0.15, 0.2) is 40.9 Å². The lowest BCUT2D eigenvalue weighted by Crippen LogP contribution is -2.40. The molecule has 1 amide bonds. The molecule has 0 saturated heterocycles. The van der Waals surface area contributed by atoms with Crippen LogP contribution in [0.1, 0.15) is 32.5 Å². The van der Waals surface area contributed by atoms with Crippen molar-refractivity contribution in [3.05, 3.63) is 57.6 Å². The molecule has 2 aromatic carbocycles. The van der Waals surface area contributed by atoms with E-state index in [2.05, 4.69) is 26.8 Å². The molecule has 2 aromatic rings. The van der Waals surface area contributed by atoms with Crippen LogP contribution in [-0.4, -0.2) is 26.1 Å². The number of carbonyl (C=O) groups is 2. The second-order valence-corrected chi connectivity index (χ2v) is 5.98. The maximum atomic E-state index is 12.3. The normalized spacial score (nSPS) is 15.3. The smallest absolute Gasteiger partial charge is 0.344 e. The van der Waals surface area contributed by atoms with E-state index in [9.17, 15) is 9.59 Å². The van der Waals surface area contributed by atoms with Crippen molar-refractivity contribution in [2.24, 2.45) is 0 Å². The first-order valence-corrected chi connectivity index (χ1v) is 8.12. The van der Waals surface area contributed by atoms with Gasteiger partial charge in [0.25, 0.3) is 5.91 Å². The molecular weight excluding hydrogens is 392 g/mol. The summed E-state index contributed by atoms with van der Waals surface area (Å²) in [4.78, 5) is 24.4. The highest BCUT2D eigenvalue weighted by Gasteiger charge is 2.36. The van der Waals surface area contributed by atoms with Crippen LogP contribution in [0.3, 0.4) is 0 Å². The quantitative estimate of drug-likeness (QED) is 0.586. The van der Waals surface area contributed by atoms with Gasteiger partial charge in [-0.05, 0) is 40.2 Å². The van der Waals surface area contributed by atoms with Crippen LogP contribution in [0.2, 0.25) is 0 Å². The predicted molar refractivity (Wildman–Crippen MR) is 92.4 cm³/mol. The van der Waals surface area contributed by atoms with Crippen molar-refractivity contribution in [1.82, 2.24) is 10.9 Å². The lowest BCUT2D eigenvalue weighted by Gasteiger charge is -2.15. The van der Waals surface area contributed by atoms with Gasteiger partial charge in [0.05, 0.1) is 19.8 Å². The molecule has 0 radical (unpaired) electrons. The van der Waals surface area contributed by atoms with Crippen molar-refractivity contribution in [3.8, 4) is 11.5 Å². The number of methoxy groups -OCH3 is 2. The van der Waals surface area contributed by atoms with Crippen LogP contribution in [0.25, 0.3) is 0 Å². The van der Waals surface area contributed by atoms with E-state index < -0.39 is 12.2 Å². The number of hydrogen-bond donors (Lipinski definition) is 2. The van der Waals surface area contributed by atoms with E-state index in [1.54, 1.807) is 30.3 Å². The summed E-state index contributed by atoms with van der Waals surface area (Å²) in [5, 5.41) is 0. The van der Waals surface area contributed by atoms with Crippen molar-refractivity contribution < 1.29 is 23.8 Å². The minimum absolute atomic E-state index is 0.273. The van der Waals surface area contributed by atoms with Crippen molar-refractivity contribution >= 4 is 27.8 Å². The number of halogens is 1. The molecule has 25 heavy (non-hydrogen) atoms. The number of amides is 1. The Balaban J connectivity index is 1.80. The first-order chi connectivity index (χ1) is 12.1. The number of nitrogens with one attached hydrogen (secondary N) is 2. The summed E-state index contributed by atoms with van der Waals surface area (Å²) in [7, 11) is 2.93. The molecule has 0 spiro atoms. The topological polar surface area (TPSA) is 85.9 Å². The van der Waals surface area contributed by atoms with E-state index >= 15 is 0 Å². The van der Waals surface area contributed by atoms with E-state index in [0.29, 0.717) is 27.1 Å². The highest BCUT2D eigenvalue weighted by molar-refractivity contribution is 9.10. The van der Waals surface area contributed by atoms with Crippen LogP contribution in [0.4, 0.5) is 0 Å². The monoisotopic (exact) mass is 406 g/mol. The largest absolute Gasteiger partial charge is 0.493 e. The molecular formula is C17H15BrN2O5. The SMILES string of the molecule is COc1ccc2c(c1OC)C(=O)O[C@H]2NNC(=O)c1ccccc1Br. The van der Waals surface area contributed by atoms with Crippen molar-refractivity contribution in [2.75, 3.05) is 14.2 Å². The number of hydrazine groups is 1. The van der Waals surface area contributed by atoms with Gasteiger partial charge in [-0.1, -0.05) is 12.1 Å². The number of fused-ring (bicyclic) bond motifs is 1. The number of carbonyl (C=O) groups excluding carboxylic acids is 2. The Morgan fingerprint density at radius 2 is 1.92 bits per heavy atom. The lowest BCUT2D eigenvalue weighted by atomic mass is 10.1. The Hall–Kier alpha value is -2.58. The number of cyclic esters (lactones) is 1. The Bertz CT molecular complexity index is 840. The van der Waals surface area contributed by atoms with E-state index in [1.165, 1.54) is 14.2 Å². The molecule has 0 fully saturated rings. The summed E-state index contributed by atoms with van der Waals surface area (Å²) in [6, 6.07) is 10.3. The van der Waals surface area contributed by atoms with Crippen LogP contribution in [-0.2, 0) is 4.74 Å². The zero-order chi connectivity index (χ0) is 18.0. The van der Waals surface area contributed by atoms with Gasteiger partial charge in [0.1, 0.15) is 5.56 Å². The molecule has 1 aliphatic rings. The van der Waals surface area contributed by atoms with E-state index in [-0.39, 0.29) is 11.5 Å². The van der Waals surface area contributed by atoms with Gasteiger partial charge < -0.3 is 14.2 Å². The van der Waals surface area contributed by atoms with Crippen molar-refractivity contribution in [3.63, 3.8) is 0 Å². The molecule has 8 heteroatoms. The fourth-order valence-electron chi connectivity index (χ4n) is 2.55. The summed E-state index contributed by atoms with van der Waals surface area (Å²) in [5.41, 5.74) is 6.54. The molecule has 0 bridgehead atoms. The number of rotatable bonds is 5. The second-order valence-electron chi connectivity index (χ2n) is 5.13. The van der Waals surface area contributed by atoms with Gasteiger partial charge in [0, 0.05) is 10.0 Å². The standard InChI is InChI=1S/C17H15BrN2O5/c1-23-12-8-7-10-13(14(12)24-2)17(22)25-16(10)20-19-15(21)9-5-3-4-6-11(9)18/h3-8,16,20H,1-2H3,(H,19,21)/t16-/m1/s1. The number of benzene rings is 2. The number of ether oxygens (including phenoxy) is 3. The average molecular weight is 407 g/mol. The molecule has 7 nitrogen and oxygen atoms in total.